The second-order valence-electron chi connectivity index (χ2n) is 2.87. The molecule has 4 N–H and O–H groups in total. The summed E-state index contributed by atoms with van der Waals surface area (Å²) in [5.41, 5.74) is 5.87. The minimum Gasteiger partial charge on any atom is -0.423 e. The summed E-state index contributed by atoms with van der Waals surface area (Å²) in [5, 5.41) is 18.4. The van der Waals surface area contributed by atoms with E-state index in [-0.39, 0.29) is 10.5 Å². The van der Waals surface area contributed by atoms with Gasteiger partial charge in [-0.25, -0.2) is 4.39 Å². The van der Waals surface area contributed by atoms with Crippen molar-refractivity contribution < 1.29 is 14.4 Å². The maximum atomic E-state index is 13.2. The Labute approximate surface area is 83.7 Å². The van der Waals surface area contributed by atoms with Gasteiger partial charge >= 0.3 is 7.12 Å². The SMILES string of the molecule is Nc1c(B(O)O)sc2c(F)cccc12. The number of benzene rings is 1. The van der Waals surface area contributed by atoms with Gasteiger partial charge in [-0.15, -0.1) is 11.3 Å². The molecule has 0 radical (unpaired) electrons. The molecule has 3 nitrogen and oxygen atoms in total. The van der Waals surface area contributed by atoms with E-state index in [1.54, 1.807) is 6.07 Å². The van der Waals surface area contributed by atoms with Crippen LogP contribution in [0.2, 0.25) is 0 Å². The molecule has 6 heteroatoms. The number of anilines is 1. The van der Waals surface area contributed by atoms with Crippen LogP contribution in [-0.4, -0.2) is 17.2 Å². The molecule has 0 fully saturated rings. The van der Waals surface area contributed by atoms with Crippen LogP contribution in [-0.2, 0) is 0 Å². The number of thiophene rings is 1. The fourth-order valence-electron chi connectivity index (χ4n) is 1.31. The van der Waals surface area contributed by atoms with Crippen molar-refractivity contribution in [2.75, 3.05) is 5.73 Å². The zero-order chi connectivity index (χ0) is 10.3. The Balaban J connectivity index is 2.80. The highest BCUT2D eigenvalue weighted by molar-refractivity contribution is 7.29. The van der Waals surface area contributed by atoms with Crippen LogP contribution in [0.3, 0.4) is 0 Å². The van der Waals surface area contributed by atoms with Crippen molar-refractivity contribution in [1.29, 1.82) is 0 Å². The third-order valence-corrected chi connectivity index (χ3v) is 3.24. The van der Waals surface area contributed by atoms with Gasteiger partial charge in [0.1, 0.15) is 5.82 Å². The largest absolute Gasteiger partial charge is 0.501 e. The average molecular weight is 211 g/mol. The lowest BCUT2D eigenvalue weighted by Crippen LogP contribution is -2.28. The molecule has 0 saturated heterocycles. The summed E-state index contributed by atoms with van der Waals surface area (Å²) in [7, 11) is -1.65. The highest BCUT2D eigenvalue weighted by Crippen LogP contribution is 2.28. The molecule has 0 spiro atoms. The van der Waals surface area contributed by atoms with Crippen LogP contribution in [0.25, 0.3) is 10.1 Å². The van der Waals surface area contributed by atoms with Crippen molar-refractivity contribution in [3.05, 3.63) is 24.0 Å². The first-order valence-electron chi connectivity index (χ1n) is 3.93. The van der Waals surface area contributed by atoms with E-state index in [9.17, 15) is 4.39 Å². The lowest BCUT2D eigenvalue weighted by Gasteiger charge is -1.95. The molecule has 0 aliphatic heterocycles. The van der Waals surface area contributed by atoms with Gasteiger partial charge in [-0.05, 0) is 6.07 Å². The first-order valence-corrected chi connectivity index (χ1v) is 4.75. The molecule has 0 saturated carbocycles. The van der Waals surface area contributed by atoms with E-state index in [0.29, 0.717) is 10.1 Å². The number of hydrogen-bond acceptors (Lipinski definition) is 4. The van der Waals surface area contributed by atoms with E-state index in [0.717, 1.165) is 11.3 Å². The molecule has 1 aromatic heterocycles. The van der Waals surface area contributed by atoms with E-state index in [4.69, 9.17) is 15.8 Å². The Kier molecular flexibility index (Phi) is 2.18. The Hall–Kier alpha value is -1.11. The summed E-state index contributed by atoms with van der Waals surface area (Å²) in [5.74, 6) is -0.397. The zero-order valence-corrected chi connectivity index (χ0v) is 7.88. The van der Waals surface area contributed by atoms with Gasteiger partial charge in [-0.1, -0.05) is 12.1 Å². The fraction of sp³-hybridized carbons (Fsp3) is 0. The second-order valence-corrected chi connectivity index (χ2v) is 3.92. The van der Waals surface area contributed by atoms with E-state index < -0.39 is 12.9 Å². The van der Waals surface area contributed by atoms with Crippen LogP contribution >= 0.6 is 11.3 Å². The van der Waals surface area contributed by atoms with Crippen molar-refractivity contribution in [2.45, 2.75) is 0 Å². The molecular weight excluding hydrogens is 204 g/mol. The van der Waals surface area contributed by atoms with E-state index in [1.807, 2.05) is 0 Å². The van der Waals surface area contributed by atoms with Crippen LogP contribution < -0.4 is 10.5 Å². The predicted molar refractivity (Wildman–Crippen MR) is 56.0 cm³/mol. The zero-order valence-electron chi connectivity index (χ0n) is 7.07. The molecule has 0 unspecified atom stereocenters. The maximum absolute atomic E-state index is 13.2. The molecule has 14 heavy (non-hydrogen) atoms. The first-order chi connectivity index (χ1) is 6.61. The topological polar surface area (TPSA) is 66.5 Å². The normalized spacial score (nSPS) is 10.8. The lowest BCUT2D eigenvalue weighted by atomic mass is 9.88. The molecule has 1 heterocycles. The molecule has 0 aliphatic rings. The van der Waals surface area contributed by atoms with Gasteiger partial charge in [0.15, 0.2) is 0 Å². The molecule has 2 rings (SSSR count). The van der Waals surface area contributed by atoms with Gasteiger partial charge in [0.2, 0.25) is 0 Å². The number of hydrogen-bond donors (Lipinski definition) is 3. The van der Waals surface area contributed by atoms with Crippen molar-refractivity contribution in [3.8, 4) is 0 Å². The van der Waals surface area contributed by atoms with E-state index in [2.05, 4.69) is 0 Å². The van der Waals surface area contributed by atoms with Crippen LogP contribution in [0.1, 0.15) is 0 Å². The molecule has 0 aliphatic carbocycles. The summed E-state index contributed by atoms with van der Waals surface area (Å²) < 4.78 is 13.8. The van der Waals surface area contributed by atoms with Crippen molar-refractivity contribution >= 4 is 39.0 Å². The van der Waals surface area contributed by atoms with E-state index >= 15 is 0 Å². The predicted octanol–water partition coefficient (Wildman–Crippen LogP) is 0.302. The minimum absolute atomic E-state index is 0.185. The van der Waals surface area contributed by atoms with Crippen molar-refractivity contribution in [1.82, 2.24) is 0 Å². The minimum atomic E-state index is -1.65. The Morgan fingerprint density at radius 1 is 1.36 bits per heavy atom. The smallest absolute Gasteiger partial charge is 0.423 e. The van der Waals surface area contributed by atoms with E-state index in [1.165, 1.54) is 12.1 Å². The highest BCUT2D eigenvalue weighted by atomic mass is 32.1. The number of nitrogen functional groups attached to an aromatic ring is 1. The summed E-state index contributed by atoms with van der Waals surface area (Å²) in [6.07, 6.45) is 0. The summed E-state index contributed by atoms with van der Waals surface area (Å²) in [6.45, 7) is 0. The molecule has 0 amide bonds. The van der Waals surface area contributed by atoms with Crippen LogP contribution in [0, 0.1) is 5.82 Å². The molecule has 0 atom stereocenters. The van der Waals surface area contributed by atoms with Gasteiger partial charge in [0.05, 0.1) is 15.2 Å². The van der Waals surface area contributed by atoms with Gasteiger partial charge in [0, 0.05) is 5.39 Å². The maximum Gasteiger partial charge on any atom is 0.501 e. The molecule has 72 valence electrons. The van der Waals surface area contributed by atoms with Crippen LogP contribution in [0.4, 0.5) is 10.1 Å². The molecular formula is C8H7BFNO2S. The molecule has 1 aromatic carbocycles. The van der Waals surface area contributed by atoms with Gasteiger partial charge < -0.3 is 15.8 Å². The van der Waals surface area contributed by atoms with Gasteiger partial charge in [-0.3, -0.25) is 0 Å². The number of fused-ring (bicyclic) bond motifs is 1. The number of nitrogens with two attached hydrogens (primary N) is 1. The standard InChI is InChI=1S/C8H7BFNO2S/c10-5-3-1-2-4-6(11)8(9(12)13)14-7(4)5/h1-3,12-13H,11H2. The third-order valence-electron chi connectivity index (χ3n) is 1.97. The monoisotopic (exact) mass is 211 g/mol. The quantitative estimate of drug-likeness (QED) is 0.594. The summed E-state index contributed by atoms with van der Waals surface area (Å²) >= 11 is 0.959. The Bertz CT molecular complexity index is 485. The van der Waals surface area contributed by atoms with Crippen molar-refractivity contribution in [3.63, 3.8) is 0 Å². The lowest BCUT2D eigenvalue weighted by molar-refractivity contribution is 0.427. The summed E-state index contributed by atoms with van der Waals surface area (Å²) in [4.78, 5) is 0. The number of halogens is 1. The first kappa shape index (κ1) is 9.45. The van der Waals surface area contributed by atoms with Crippen LogP contribution in [0.5, 0.6) is 0 Å². The van der Waals surface area contributed by atoms with Gasteiger partial charge in [-0.2, -0.15) is 0 Å². The highest BCUT2D eigenvalue weighted by Gasteiger charge is 2.21. The Morgan fingerprint density at radius 3 is 2.64 bits per heavy atom. The average Bonchev–Trinajstić information content (AvgIpc) is 2.46. The number of rotatable bonds is 1. The van der Waals surface area contributed by atoms with Crippen LogP contribution in [0.15, 0.2) is 18.2 Å². The Morgan fingerprint density at radius 2 is 2.07 bits per heavy atom. The fourth-order valence-corrected chi connectivity index (χ4v) is 2.31. The molecule has 2 aromatic rings. The molecule has 0 bridgehead atoms. The van der Waals surface area contributed by atoms with Gasteiger partial charge in [0.25, 0.3) is 0 Å². The van der Waals surface area contributed by atoms with Crippen molar-refractivity contribution in [2.24, 2.45) is 0 Å². The third kappa shape index (κ3) is 1.28. The summed E-state index contributed by atoms with van der Waals surface area (Å²) in [6, 6.07) is 4.50. The second kappa shape index (κ2) is 3.23.